The first-order valence-corrected chi connectivity index (χ1v) is 5.78. The second kappa shape index (κ2) is 6.30. The number of benzene rings is 1. The number of para-hydroxylation sites is 1. The molecule has 0 fully saturated rings. The summed E-state index contributed by atoms with van der Waals surface area (Å²) in [6, 6.07) is 5.24. The molecule has 1 N–H and O–H groups in total. The van der Waals surface area contributed by atoms with Crippen LogP contribution < -0.4 is 4.74 Å². The predicted octanol–water partition coefficient (Wildman–Crippen LogP) is 3.62. The quantitative estimate of drug-likeness (QED) is 0.817. The maximum Gasteiger partial charge on any atom is 0.328 e. The highest BCUT2D eigenvalue weighted by atomic mass is 35.5. The Balaban J connectivity index is 3.03. The van der Waals surface area contributed by atoms with E-state index in [0.717, 1.165) is 12.5 Å². The van der Waals surface area contributed by atoms with Crippen LogP contribution in [0.4, 0.5) is 0 Å². The predicted molar refractivity (Wildman–Crippen MR) is 68.5 cm³/mol. The molecule has 0 radical (unpaired) electrons. The van der Waals surface area contributed by atoms with E-state index in [1.807, 2.05) is 13.8 Å². The van der Waals surface area contributed by atoms with Crippen molar-refractivity contribution in [3.8, 4) is 5.75 Å². The summed E-state index contributed by atoms with van der Waals surface area (Å²) < 4.78 is 5.68. The maximum absolute atomic E-state index is 10.5. The third kappa shape index (κ3) is 4.11. The van der Waals surface area contributed by atoms with Gasteiger partial charge in [0.2, 0.25) is 0 Å². The van der Waals surface area contributed by atoms with Crippen molar-refractivity contribution in [2.75, 3.05) is 0 Å². The molecular formula is C13H15ClO3. The number of ether oxygens (including phenoxy) is 1. The molecule has 0 amide bonds. The molecule has 0 aliphatic rings. The molecule has 1 atom stereocenters. The summed E-state index contributed by atoms with van der Waals surface area (Å²) in [7, 11) is 0. The van der Waals surface area contributed by atoms with Crippen molar-refractivity contribution in [2.24, 2.45) is 0 Å². The molecule has 0 heterocycles. The minimum absolute atomic E-state index is 0.0341. The van der Waals surface area contributed by atoms with E-state index in [2.05, 4.69) is 0 Å². The van der Waals surface area contributed by atoms with Gasteiger partial charge >= 0.3 is 5.97 Å². The van der Waals surface area contributed by atoms with E-state index in [1.54, 1.807) is 18.2 Å². The normalized spacial score (nSPS) is 12.6. The number of aliphatic carboxylic acids is 1. The Kier molecular flexibility index (Phi) is 5.04. The molecule has 1 aromatic carbocycles. The topological polar surface area (TPSA) is 46.5 Å². The fraction of sp³-hybridized carbons (Fsp3) is 0.308. The third-order valence-electron chi connectivity index (χ3n) is 2.30. The van der Waals surface area contributed by atoms with Gasteiger partial charge in [-0.1, -0.05) is 30.7 Å². The van der Waals surface area contributed by atoms with Crippen molar-refractivity contribution in [2.45, 2.75) is 26.4 Å². The van der Waals surface area contributed by atoms with E-state index in [0.29, 0.717) is 16.3 Å². The second-order valence-electron chi connectivity index (χ2n) is 3.67. The molecule has 1 rings (SSSR count). The van der Waals surface area contributed by atoms with Crippen molar-refractivity contribution in [3.05, 3.63) is 34.9 Å². The molecule has 0 aliphatic carbocycles. The van der Waals surface area contributed by atoms with E-state index in [4.69, 9.17) is 21.4 Å². The number of carboxylic acids is 1. The van der Waals surface area contributed by atoms with Crippen LogP contribution in [0.15, 0.2) is 24.3 Å². The summed E-state index contributed by atoms with van der Waals surface area (Å²) in [5, 5.41) is 9.09. The monoisotopic (exact) mass is 254 g/mol. The van der Waals surface area contributed by atoms with Crippen LogP contribution in [-0.4, -0.2) is 17.2 Å². The summed E-state index contributed by atoms with van der Waals surface area (Å²) in [5.74, 6) is -0.472. The van der Waals surface area contributed by atoms with Gasteiger partial charge in [-0.15, -0.1) is 0 Å². The lowest BCUT2D eigenvalue weighted by Gasteiger charge is -2.16. The fourth-order valence-electron chi connectivity index (χ4n) is 1.23. The maximum atomic E-state index is 10.5. The highest BCUT2D eigenvalue weighted by Crippen LogP contribution is 2.30. The minimum atomic E-state index is -1.00. The number of carboxylic acid groups (broad SMARTS) is 1. The van der Waals surface area contributed by atoms with Gasteiger partial charge < -0.3 is 9.84 Å². The highest BCUT2D eigenvalue weighted by molar-refractivity contribution is 6.32. The number of hydrogen-bond donors (Lipinski definition) is 1. The van der Waals surface area contributed by atoms with Gasteiger partial charge in [0.15, 0.2) is 0 Å². The molecule has 4 heteroatoms. The minimum Gasteiger partial charge on any atom is -0.489 e. The van der Waals surface area contributed by atoms with Crippen LogP contribution in [0.1, 0.15) is 25.8 Å². The summed E-state index contributed by atoms with van der Waals surface area (Å²) in [5.41, 5.74) is 0.667. The van der Waals surface area contributed by atoms with E-state index < -0.39 is 5.97 Å². The Labute approximate surface area is 106 Å². The molecule has 0 aliphatic heterocycles. The molecule has 1 unspecified atom stereocenters. The van der Waals surface area contributed by atoms with Gasteiger partial charge in [0.1, 0.15) is 5.75 Å². The van der Waals surface area contributed by atoms with Gasteiger partial charge in [0, 0.05) is 11.6 Å². The molecular weight excluding hydrogens is 240 g/mol. The fourth-order valence-corrected chi connectivity index (χ4v) is 1.45. The van der Waals surface area contributed by atoms with Crippen molar-refractivity contribution in [3.63, 3.8) is 0 Å². The van der Waals surface area contributed by atoms with Crippen molar-refractivity contribution < 1.29 is 14.6 Å². The zero-order chi connectivity index (χ0) is 12.8. The number of carbonyl (C=O) groups is 1. The van der Waals surface area contributed by atoms with Crippen LogP contribution in [0.3, 0.4) is 0 Å². The number of rotatable bonds is 5. The molecule has 1 aromatic rings. The first kappa shape index (κ1) is 13.6. The van der Waals surface area contributed by atoms with Gasteiger partial charge in [-0.3, -0.25) is 0 Å². The van der Waals surface area contributed by atoms with Crippen LogP contribution in [0, 0.1) is 0 Å². The van der Waals surface area contributed by atoms with E-state index in [1.165, 1.54) is 6.08 Å². The van der Waals surface area contributed by atoms with Gasteiger partial charge in [0.25, 0.3) is 0 Å². The SMILES string of the molecule is CCC(C)Oc1c(Cl)cccc1/C=C/C(=O)O. The molecule has 0 saturated carbocycles. The Hall–Kier alpha value is -1.48. The molecule has 17 heavy (non-hydrogen) atoms. The zero-order valence-electron chi connectivity index (χ0n) is 9.81. The molecule has 0 bridgehead atoms. The van der Waals surface area contributed by atoms with Crippen molar-refractivity contribution in [1.29, 1.82) is 0 Å². The Bertz CT molecular complexity index is 427. The largest absolute Gasteiger partial charge is 0.489 e. The lowest BCUT2D eigenvalue weighted by atomic mass is 10.2. The second-order valence-corrected chi connectivity index (χ2v) is 4.07. The number of hydrogen-bond acceptors (Lipinski definition) is 2. The average molecular weight is 255 g/mol. The smallest absolute Gasteiger partial charge is 0.328 e. The molecule has 92 valence electrons. The first-order chi connectivity index (χ1) is 8.04. The van der Waals surface area contributed by atoms with Crippen LogP contribution in [-0.2, 0) is 4.79 Å². The molecule has 0 saturated heterocycles. The molecule has 3 nitrogen and oxygen atoms in total. The van der Waals surface area contributed by atoms with Gasteiger partial charge in [0.05, 0.1) is 11.1 Å². The van der Waals surface area contributed by atoms with Crippen LogP contribution in [0.2, 0.25) is 5.02 Å². The zero-order valence-corrected chi connectivity index (χ0v) is 10.6. The van der Waals surface area contributed by atoms with E-state index in [9.17, 15) is 4.79 Å². The van der Waals surface area contributed by atoms with Crippen LogP contribution in [0.25, 0.3) is 6.08 Å². The summed E-state index contributed by atoms with van der Waals surface area (Å²) in [6.07, 6.45) is 3.43. The first-order valence-electron chi connectivity index (χ1n) is 5.40. The van der Waals surface area contributed by atoms with Crippen molar-refractivity contribution in [1.82, 2.24) is 0 Å². The van der Waals surface area contributed by atoms with Gasteiger partial charge in [-0.2, -0.15) is 0 Å². The molecule has 0 aromatic heterocycles. The standard InChI is InChI=1S/C13H15ClO3/c1-3-9(2)17-13-10(7-8-12(15)16)5-4-6-11(13)14/h4-9H,3H2,1-2H3,(H,15,16)/b8-7+. The van der Waals surface area contributed by atoms with Crippen LogP contribution >= 0.6 is 11.6 Å². The third-order valence-corrected chi connectivity index (χ3v) is 2.59. The Morgan fingerprint density at radius 1 is 1.59 bits per heavy atom. The summed E-state index contributed by atoms with van der Waals surface area (Å²) >= 11 is 6.04. The van der Waals surface area contributed by atoms with Gasteiger partial charge in [-0.05, 0) is 25.5 Å². The van der Waals surface area contributed by atoms with Crippen LogP contribution in [0.5, 0.6) is 5.75 Å². The number of halogens is 1. The lowest BCUT2D eigenvalue weighted by molar-refractivity contribution is -0.131. The summed E-state index contributed by atoms with van der Waals surface area (Å²) in [4.78, 5) is 10.5. The van der Waals surface area contributed by atoms with Crippen molar-refractivity contribution >= 4 is 23.6 Å². The lowest BCUT2D eigenvalue weighted by Crippen LogP contribution is -2.10. The molecule has 0 spiro atoms. The van der Waals surface area contributed by atoms with Gasteiger partial charge in [-0.25, -0.2) is 4.79 Å². The van der Waals surface area contributed by atoms with E-state index in [-0.39, 0.29) is 6.10 Å². The summed E-state index contributed by atoms with van der Waals surface area (Å²) in [6.45, 7) is 3.95. The average Bonchev–Trinajstić information content (AvgIpc) is 2.29. The highest BCUT2D eigenvalue weighted by Gasteiger charge is 2.09. The Morgan fingerprint density at radius 3 is 2.88 bits per heavy atom. The van der Waals surface area contributed by atoms with E-state index >= 15 is 0 Å². The Morgan fingerprint density at radius 2 is 2.29 bits per heavy atom.